The summed E-state index contributed by atoms with van der Waals surface area (Å²) in [5.41, 5.74) is 2.22. The van der Waals surface area contributed by atoms with Gasteiger partial charge in [-0.3, -0.25) is 4.68 Å². The van der Waals surface area contributed by atoms with Crippen LogP contribution in [0.25, 0.3) is 11.0 Å². The summed E-state index contributed by atoms with van der Waals surface area (Å²) in [6.45, 7) is 8.42. The van der Waals surface area contributed by atoms with Crippen molar-refractivity contribution < 1.29 is 9.53 Å². The number of nitrogens with zero attached hydrogens (tertiary/aromatic N) is 3. The summed E-state index contributed by atoms with van der Waals surface area (Å²) < 4.78 is 6.90. The summed E-state index contributed by atoms with van der Waals surface area (Å²) in [7, 11) is 1.86. The number of aromatic nitrogens is 3. The van der Waals surface area contributed by atoms with Crippen LogP contribution >= 0.6 is 11.8 Å². The molecule has 0 N–H and O–H groups in total. The number of ether oxygens (including phenoxy) is 1. The minimum absolute atomic E-state index is 0.318. The topological polar surface area (TPSA) is 57.0 Å². The van der Waals surface area contributed by atoms with E-state index in [0.717, 1.165) is 27.4 Å². The molecule has 2 heterocycles. The zero-order valence-corrected chi connectivity index (χ0v) is 14.0. The van der Waals surface area contributed by atoms with Gasteiger partial charge in [0.15, 0.2) is 5.65 Å². The lowest BCUT2D eigenvalue weighted by atomic mass is 10.2. The fraction of sp³-hybridized carbons (Fsp3) is 0.533. The van der Waals surface area contributed by atoms with E-state index >= 15 is 0 Å². The van der Waals surface area contributed by atoms with Crippen molar-refractivity contribution >= 4 is 28.8 Å². The first kappa shape index (κ1) is 15.8. The minimum Gasteiger partial charge on any atom is -0.462 e. The predicted octanol–water partition coefficient (Wildman–Crippen LogP) is 3.20. The first-order chi connectivity index (χ1) is 9.95. The lowest BCUT2D eigenvalue weighted by molar-refractivity contribution is 0.0522. The second-order valence-corrected chi connectivity index (χ2v) is 6.36. The van der Waals surface area contributed by atoms with E-state index in [4.69, 9.17) is 4.74 Å². The van der Waals surface area contributed by atoms with Crippen LogP contribution in [0.4, 0.5) is 0 Å². The number of pyridine rings is 1. The van der Waals surface area contributed by atoms with Crippen LogP contribution < -0.4 is 0 Å². The van der Waals surface area contributed by atoms with Crippen molar-refractivity contribution in [2.45, 2.75) is 32.6 Å². The summed E-state index contributed by atoms with van der Waals surface area (Å²) in [5.74, 6) is 1.14. The Kier molecular flexibility index (Phi) is 4.88. The van der Waals surface area contributed by atoms with Crippen molar-refractivity contribution in [2.24, 2.45) is 13.0 Å². The van der Waals surface area contributed by atoms with Crippen LogP contribution in [-0.2, 0) is 11.8 Å². The van der Waals surface area contributed by atoms with Gasteiger partial charge in [-0.2, -0.15) is 5.10 Å². The van der Waals surface area contributed by atoms with E-state index in [0.29, 0.717) is 18.1 Å². The highest BCUT2D eigenvalue weighted by molar-refractivity contribution is 7.99. The molecule has 2 rings (SSSR count). The summed E-state index contributed by atoms with van der Waals surface area (Å²) in [5, 5.41) is 5.37. The monoisotopic (exact) mass is 307 g/mol. The molecule has 2 aromatic heterocycles. The molecule has 0 amide bonds. The van der Waals surface area contributed by atoms with Crippen LogP contribution in [0.5, 0.6) is 0 Å². The van der Waals surface area contributed by atoms with Crippen molar-refractivity contribution in [3.8, 4) is 0 Å². The maximum atomic E-state index is 12.2. The molecule has 0 radical (unpaired) electrons. The molecule has 0 unspecified atom stereocenters. The predicted molar refractivity (Wildman–Crippen MR) is 84.8 cm³/mol. The number of hydrogen-bond donors (Lipinski definition) is 0. The normalized spacial score (nSPS) is 11.3. The van der Waals surface area contributed by atoms with E-state index in [1.807, 2.05) is 14.0 Å². The molecule has 114 valence electrons. The second-order valence-electron chi connectivity index (χ2n) is 5.33. The van der Waals surface area contributed by atoms with Crippen LogP contribution in [0, 0.1) is 12.8 Å². The van der Waals surface area contributed by atoms with Gasteiger partial charge < -0.3 is 4.74 Å². The van der Waals surface area contributed by atoms with Crippen LogP contribution in [0.3, 0.4) is 0 Å². The van der Waals surface area contributed by atoms with E-state index < -0.39 is 0 Å². The van der Waals surface area contributed by atoms with Crippen molar-refractivity contribution in [1.29, 1.82) is 0 Å². The number of carbonyl (C=O) groups is 1. The van der Waals surface area contributed by atoms with Gasteiger partial charge in [-0.25, -0.2) is 9.78 Å². The number of fused-ring (bicyclic) bond motifs is 1. The fourth-order valence-corrected chi connectivity index (χ4v) is 3.31. The molecule has 0 bridgehead atoms. The number of thioether (sulfide) groups is 1. The molecular formula is C15H21N3O2S. The molecule has 0 aliphatic rings. The Hall–Kier alpha value is -1.56. The lowest BCUT2D eigenvalue weighted by Gasteiger charge is -2.11. The van der Waals surface area contributed by atoms with Gasteiger partial charge in [0.05, 0.1) is 23.3 Å². The molecule has 0 atom stereocenters. The first-order valence-electron chi connectivity index (χ1n) is 7.07. The number of esters is 1. The van der Waals surface area contributed by atoms with Crippen LogP contribution in [0.1, 0.15) is 36.8 Å². The van der Waals surface area contributed by atoms with E-state index in [9.17, 15) is 4.79 Å². The van der Waals surface area contributed by atoms with Crippen LogP contribution in [0.2, 0.25) is 0 Å². The van der Waals surface area contributed by atoms with Gasteiger partial charge >= 0.3 is 5.97 Å². The second kappa shape index (κ2) is 6.47. The molecule has 6 heteroatoms. The Morgan fingerprint density at radius 2 is 2.19 bits per heavy atom. The number of rotatable bonds is 5. The molecule has 0 fully saturated rings. The molecule has 0 saturated heterocycles. The Morgan fingerprint density at radius 3 is 2.81 bits per heavy atom. The largest absolute Gasteiger partial charge is 0.462 e. The Bertz CT molecular complexity index is 664. The quantitative estimate of drug-likeness (QED) is 0.627. The number of aryl methyl sites for hydroxylation is 2. The molecular weight excluding hydrogens is 286 g/mol. The lowest BCUT2D eigenvalue weighted by Crippen LogP contribution is -2.08. The molecule has 0 aromatic carbocycles. The molecule has 0 aliphatic carbocycles. The van der Waals surface area contributed by atoms with E-state index in [1.165, 1.54) is 0 Å². The van der Waals surface area contributed by atoms with E-state index in [2.05, 4.69) is 23.9 Å². The van der Waals surface area contributed by atoms with Crippen molar-refractivity contribution in [2.75, 3.05) is 12.4 Å². The number of carbonyl (C=O) groups excluding carboxylic acids is 1. The SMILES string of the molecule is CCOC(=O)c1cnc2c(c(C)nn2C)c1SCC(C)C. The van der Waals surface area contributed by atoms with Gasteiger partial charge in [-0.15, -0.1) is 11.8 Å². The highest BCUT2D eigenvalue weighted by Gasteiger charge is 2.21. The van der Waals surface area contributed by atoms with Crippen LogP contribution in [-0.4, -0.2) is 33.1 Å². The van der Waals surface area contributed by atoms with Gasteiger partial charge in [0.25, 0.3) is 0 Å². The molecule has 0 aliphatic heterocycles. The fourth-order valence-electron chi connectivity index (χ4n) is 2.13. The third kappa shape index (κ3) is 3.20. The molecule has 0 spiro atoms. The first-order valence-corrected chi connectivity index (χ1v) is 8.06. The molecule has 2 aromatic rings. The Balaban J connectivity index is 2.59. The summed E-state index contributed by atoms with van der Waals surface area (Å²) in [6.07, 6.45) is 1.60. The summed E-state index contributed by atoms with van der Waals surface area (Å²) in [6, 6.07) is 0. The highest BCUT2D eigenvalue weighted by atomic mass is 32.2. The van der Waals surface area contributed by atoms with E-state index in [-0.39, 0.29) is 5.97 Å². The van der Waals surface area contributed by atoms with Gasteiger partial charge in [-0.1, -0.05) is 13.8 Å². The zero-order valence-electron chi connectivity index (χ0n) is 13.1. The smallest absolute Gasteiger partial charge is 0.340 e. The van der Waals surface area contributed by atoms with Crippen molar-refractivity contribution in [1.82, 2.24) is 14.8 Å². The zero-order chi connectivity index (χ0) is 15.6. The molecule has 21 heavy (non-hydrogen) atoms. The summed E-state index contributed by atoms with van der Waals surface area (Å²) >= 11 is 1.67. The van der Waals surface area contributed by atoms with Crippen molar-refractivity contribution in [3.63, 3.8) is 0 Å². The average molecular weight is 307 g/mol. The summed E-state index contributed by atoms with van der Waals surface area (Å²) in [4.78, 5) is 17.5. The maximum Gasteiger partial charge on any atom is 0.340 e. The van der Waals surface area contributed by atoms with Crippen molar-refractivity contribution in [3.05, 3.63) is 17.5 Å². The average Bonchev–Trinajstić information content (AvgIpc) is 2.71. The van der Waals surface area contributed by atoms with Gasteiger partial charge in [0, 0.05) is 23.9 Å². The minimum atomic E-state index is -0.318. The standard InChI is InChI=1S/C15H21N3O2S/c1-6-20-15(19)11-7-16-14-12(10(4)17-18(14)5)13(11)21-8-9(2)3/h7,9H,6,8H2,1-5H3. The highest BCUT2D eigenvalue weighted by Crippen LogP contribution is 2.33. The Labute approximate surface area is 129 Å². The van der Waals surface area contributed by atoms with Gasteiger partial charge in [-0.05, 0) is 19.8 Å². The third-order valence-corrected chi connectivity index (χ3v) is 4.58. The maximum absolute atomic E-state index is 12.2. The van der Waals surface area contributed by atoms with Gasteiger partial charge in [0.2, 0.25) is 0 Å². The number of hydrogen-bond acceptors (Lipinski definition) is 5. The van der Waals surface area contributed by atoms with Crippen LogP contribution in [0.15, 0.2) is 11.1 Å². The third-order valence-electron chi connectivity index (χ3n) is 3.04. The Morgan fingerprint density at radius 1 is 1.48 bits per heavy atom. The molecule has 0 saturated carbocycles. The van der Waals surface area contributed by atoms with E-state index in [1.54, 1.807) is 29.6 Å². The van der Waals surface area contributed by atoms with Gasteiger partial charge in [0.1, 0.15) is 0 Å². The molecule has 5 nitrogen and oxygen atoms in total.